The second-order valence-corrected chi connectivity index (χ2v) is 5.79. The summed E-state index contributed by atoms with van der Waals surface area (Å²) in [6.07, 6.45) is 2.95. The number of nitrogens with zero attached hydrogens (tertiary/aromatic N) is 2. The second-order valence-electron chi connectivity index (χ2n) is 5.79. The van der Waals surface area contributed by atoms with Crippen molar-refractivity contribution in [1.29, 1.82) is 0 Å². The van der Waals surface area contributed by atoms with Gasteiger partial charge >= 0.3 is 0 Å². The van der Waals surface area contributed by atoms with Crippen LogP contribution in [0.4, 0.5) is 0 Å². The number of hydrogen-bond acceptors (Lipinski definition) is 4. The minimum atomic E-state index is -1.17. The average Bonchev–Trinajstić information content (AvgIpc) is 3.00. The highest BCUT2D eigenvalue weighted by Gasteiger charge is 2.38. The smallest absolute Gasteiger partial charge is 0.252 e. The molecule has 1 amide bonds. The van der Waals surface area contributed by atoms with Crippen molar-refractivity contribution < 1.29 is 14.6 Å². The molecule has 118 valence electrons. The van der Waals surface area contributed by atoms with E-state index in [0.717, 1.165) is 29.8 Å². The molecule has 1 aliphatic carbocycles. The van der Waals surface area contributed by atoms with E-state index >= 15 is 0 Å². The monoisotopic (exact) mass is 295 g/mol. The van der Waals surface area contributed by atoms with Gasteiger partial charge in [-0.25, -0.2) is 0 Å². The molecular weight excluding hydrogens is 270 g/mol. The molecule has 0 unspecified atom stereocenters. The normalized spacial score (nSPS) is 17.1. The predicted molar refractivity (Wildman–Crippen MR) is 78.8 cm³/mol. The van der Waals surface area contributed by atoms with Crippen molar-refractivity contribution in [2.45, 2.75) is 58.2 Å². The number of nitrogens with one attached hydrogen (secondary N) is 1. The Hall–Kier alpha value is -1.40. The molecule has 1 aromatic heterocycles. The SMILES string of the molecule is COCCn1nc(C)c(CNC(=O)C2(O)CCCC2)c1C. The van der Waals surface area contributed by atoms with Crippen LogP contribution >= 0.6 is 0 Å². The zero-order valence-electron chi connectivity index (χ0n) is 13.1. The minimum absolute atomic E-state index is 0.261. The van der Waals surface area contributed by atoms with Crippen molar-refractivity contribution in [1.82, 2.24) is 15.1 Å². The van der Waals surface area contributed by atoms with Crippen LogP contribution in [0.2, 0.25) is 0 Å². The van der Waals surface area contributed by atoms with Gasteiger partial charge in [0.1, 0.15) is 5.60 Å². The summed E-state index contributed by atoms with van der Waals surface area (Å²) < 4.78 is 6.96. The molecule has 0 aromatic carbocycles. The van der Waals surface area contributed by atoms with Crippen molar-refractivity contribution in [3.8, 4) is 0 Å². The molecule has 21 heavy (non-hydrogen) atoms. The van der Waals surface area contributed by atoms with Gasteiger partial charge in [0.05, 0.1) is 18.8 Å². The Kier molecular flexibility index (Phi) is 5.00. The summed E-state index contributed by atoms with van der Waals surface area (Å²) in [7, 11) is 1.66. The van der Waals surface area contributed by atoms with Gasteiger partial charge in [-0.1, -0.05) is 0 Å². The molecule has 1 fully saturated rings. The van der Waals surface area contributed by atoms with Crippen LogP contribution in [0.25, 0.3) is 0 Å². The zero-order chi connectivity index (χ0) is 15.5. The number of ether oxygens (including phenoxy) is 1. The van der Waals surface area contributed by atoms with E-state index in [-0.39, 0.29) is 5.91 Å². The van der Waals surface area contributed by atoms with Gasteiger partial charge < -0.3 is 15.2 Å². The quantitative estimate of drug-likeness (QED) is 0.823. The number of carbonyl (C=O) groups excluding carboxylic acids is 1. The topological polar surface area (TPSA) is 76.4 Å². The van der Waals surface area contributed by atoms with E-state index in [9.17, 15) is 9.90 Å². The standard InChI is InChI=1S/C15H25N3O3/c1-11-13(12(2)18(17-11)8-9-21-3)10-16-14(19)15(20)6-4-5-7-15/h20H,4-10H2,1-3H3,(H,16,19). The third-order valence-corrected chi connectivity index (χ3v) is 4.32. The Morgan fingerprint density at radius 3 is 2.71 bits per heavy atom. The highest BCUT2D eigenvalue weighted by atomic mass is 16.5. The van der Waals surface area contributed by atoms with Crippen molar-refractivity contribution in [2.24, 2.45) is 0 Å². The van der Waals surface area contributed by atoms with Gasteiger partial charge in [0.2, 0.25) is 0 Å². The van der Waals surface area contributed by atoms with Crippen LogP contribution < -0.4 is 5.32 Å². The molecule has 2 N–H and O–H groups in total. The van der Waals surface area contributed by atoms with Crippen LogP contribution in [0.1, 0.15) is 42.6 Å². The maximum Gasteiger partial charge on any atom is 0.252 e. The molecule has 2 rings (SSSR count). The zero-order valence-corrected chi connectivity index (χ0v) is 13.1. The fourth-order valence-electron chi connectivity index (χ4n) is 2.91. The summed E-state index contributed by atoms with van der Waals surface area (Å²) in [6, 6.07) is 0. The predicted octanol–water partition coefficient (Wildman–Crippen LogP) is 1.07. The second kappa shape index (κ2) is 6.58. The van der Waals surface area contributed by atoms with E-state index in [1.54, 1.807) is 7.11 Å². The molecular formula is C15H25N3O3. The van der Waals surface area contributed by atoms with Crippen molar-refractivity contribution in [3.05, 3.63) is 17.0 Å². The summed E-state index contributed by atoms with van der Waals surface area (Å²) in [5, 5.41) is 17.6. The molecule has 6 nitrogen and oxygen atoms in total. The number of methoxy groups -OCH3 is 1. The summed E-state index contributed by atoms with van der Waals surface area (Å²) in [5.41, 5.74) is 1.78. The first-order valence-electron chi connectivity index (χ1n) is 7.50. The Morgan fingerprint density at radius 1 is 1.43 bits per heavy atom. The molecule has 1 heterocycles. The lowest BCUT2D eigenvalue weighted by Gasteiger charge is -2.21. The fourth-order valence-corrected chi connectivity index (χ4v) is 2.91. The lowest BCUT2D eigenvalue weighted by Crippen LogP contribution is -2.44. The van der Waals surface area contributed by atoms with E-state index < -0.39 is 5.60 Å². The molecule has 0 saturated heterocycles. The van der Waals surface area contributed by atoms with Gasteiger partial charge in [0, 0.05) is 24.9 Å². The minimum Gasteiger partial charge on any atom is -0.383 e. The van der Waals surface area contributed by atoms with E-state index in [1.165, 1.54) is 0 Å². The Labute approximate surface area is 125 Å². The van der Waals surface area contributed by atoms with Gasteiger partial charge in [-0.05, 0) is 39.5 Å². The van der Waals surface area contributed by atoms with E-state index in [2.05, 4.69) is 10.4 Å². The summed E-state index contributed by atoms with van der Waals surface area (Å²) >= 11 is 0. The van der Waals surface area contributed by atoms with Crippen LogP contribution in [0.3, 0.4) is 0 Å². The molecule has 1 aliphatic rings. The van der Waals surface area contributed by atoms with Crippen molar-refractivity contribution >= 4 is 5.91 Å². The van der Waals surface area contributed by atoms with Gasteiger partial charge in [0.25, 0.3) is 5.91 Å². The summed E-state index contributed by atoms with van der Waals surface area (Å²) in [5.74, 6) is -0.261. The van der Waals surface area contributed by atoms with Crippen LogP contribution in [0.5, 0.6) is 0 Å². The van der Waals surface area contributed by atoms with Gasteiger partial charge in [-0.15, -0.1) is 0 Å². The molecule has 6 heteroatoms. The number of amides is 1. The van der Waals surface area contributed by atoms with Crippen molar-refractivity contribution in [2.75, 3.05) is 13.7 Å². The molecule has 1 aromatic rings. The van der Waals surface area contributed by atoms with Gasteiger partial charge in [0.15, 0.2) is 0 Å². The molecule has 0 atom stereocenters. The Morgan fingerprint density at radius 2 is 2.10 bits per heavy atom. The molecule has 0 spiro atoms. The van der Waals surface area contributed by atoms with E-state index in [0.29, 0.717) is 32.5 Å². The van der Waals surface area contributed by atoms with Crippen LogP contribution in [0, 0.1) is 13.8 Å². The first-order valence-corrected chi connectivity index (χ1v) is 7.50. The van der Waals surface area contributed by atoms with Gasteiger partial charge in [-0.3, -0.25) is 9.48 Å². The summed E-state index contributed by atoms with van der Waals surface area (Å²) in [4.78, 5) is 12.1. The first-order chi connectivity index (χ1) is 9.98. The number of hydrogen-bond donors (Lipinski definition) is 2. The summed E-state index contributed by atoms with van der Waals surface area (Å²) in [6.45, 7) is 5.63. The first kappa shape index (κ1) is 16.0. The van der Waals surface area contributed by atoms with Crippen LogP contribution in [-0.4, -0.2) is 40.1 Å². The van der Waals surface area contributed by atoms with Crippen molar-refractivity contribution in [3.63, 3.8) is 0 Å². The van der Waals surface area contributed by atoms with Gasteiger partial charge in [-0.2, -0.15) is 5.10 Å². The van der Waals surface area contributed by atoms with E-state index in [1.807, 2.05) is 18.5 Å². The van der Waals surface area contributed by atoms with Crippen LogP contribution in [0.15, 0.2) is 0 Å². The number of rotatable bonds is 6. The number of carbonyl (C=O) groups is 1. The fraction of sp³-hybridized carbons (Fsp3) is 0.733. The van der Waals surface area contributed by atoms with Crippen LogP contribution in [-0.2, 0) is 22.6 Å². The number of aliphatic hydroxyl groups is 1. The van der Waals surface area contributed by atoms with E-state index in [4.69, 9.17) is 4.74 Å². The third kappa shape index (κ3) is 3.44. The maximum absolute atomic E-state index is 12.1. The molecule has 0 radical (unpaired) electrons. The number of aryl methyl sites for hydroxylation is 1. The molecule has 0 aliphatic heterocycles. The highest BCUT2D eigenvalue weighted by molar-refractivity contribution is 5.85. The Bertz CT molecular complexity index is 505. The lowest BCUT2D eigenvalue weighted by atomic mass is 10.0. The largest absolute Gasteiger partial charge is 0.383 e. The third-order valence-electron chi connectivity index (χ3n) is 4.32. The lowest BCUT2D eigenvalue weighted by molar-refractivity contribution is -0.139. The maximum atomic E-state index is 12.1. The highest BCUT2D eigenvalue weighted by Crippen LogP contribution is 2.29. The number of aromatic nitrogens is 2. The molecule has 1 saturated carbocycles. The average molecular weight is 295 g/mol. The molecule has 0 bridgehead atoms. The Balaban J connectivity index is 1.99.